The van der Waals surface area contributed by atoms with Crippen LogP contribution in [0.2, 0.25) is 0 Å². The molecule has 0 aliphatic heterocycles. The highest BCUT2D eigenvalue weighted by molar-refractivity contribution is 5.84. The molecule has 0 radical (unpaired) electrons. The third kappa shape index (κ3) is 4.19. The molecule has 5 nitrogen and oxygen atoms in total. The second-order valence-corrected chi connectivity index (χ2v) is 5.45. The summed E-state index contributed by atoms with van der Waals surface area (Å²) in [5.41, 5.74) is -2.09. The van der Waals surface area contributed by atoms with Crippen molar-refractivity contribution in [1.29, 1.82) is 0 Å². The average molecular weight is 351 g/mol. The Balaban J connectivity index is 2.61. The van der Waals surface area contributed by atoms with Crippen LogP contribution in [0, 0.1) is 11.6 Å². The number of benzene rings is 2. The normalized spacial score (nSPS) is 14.7. The van der Waals surface area contributed by atoms with Gasteiger partial charge in [0.25, 0.3) is 0 Å². The van der Waals surface area contributed by atoms with Gasteiger partial charge in [0.1, 0.15) is 17.9 Å². The molecule has 0 saturated carbocycles. The first-order chi connectivity index (χ1) is 11.9. The lowest BCUT2D eigenvalue weighted by Crippen LogP contribution is -2.46. The number of carbonyl (C=O) groups is 1. The molecule has 2 unspecified atom stereocenters. The van der Waals surface area contributed by atoms with E-state index in [-0.39, 0.29) is 24.3 Å². The van der Waals surface area contributed by atoms with Gasteiger partial charge >= 0.3 is 5.97 Å². The number of carboxylic acid groups (broad SMARTS) is 1. The van der Waals surface area contributed by atoms with E-state index < -0.39 is 29.4 Å². The first kappa shape index (κ1) is 19.0. The highest BCUT2D eigenvalue weighted by atomic mass is 19.1. The predicted octanol–water partition coefficient (Wildman–Crippen LogP) is 2.24. The third-order valence-corrected chi connectivity index (χ3v) is 3.65. The van der Waals surface area contributed by atoms with E-state index in [1.54, 1.807) is 25.1 Å². The Morgan fingerprint density at radius 2 is 1.76 bits per heavy atom. The molecule has 134 valence electrons. The number of aliphatic hydroxyl groups excluding tert-OH is 1. The lowest BCUT2D eigenvalue weighted by molar-refractivity contribution is -0.170. The Hall–Kier alpha value is -2.35. The van der Waals surface area contributed by atoms with Crippen molar-refractivity contribution in [2.45, 2.75) is 18.8 Å². The molecule has 25 heavy (non-hydrogen) atoms. The van der Waals surface area contributed by atoms with Crippen LogP contribution in [0.1, 0.15) is 18.1 Å². The molecule has 0 aliphatic carbocycles. The summed E-state index contributed by atoms with van der Waals surface area (Å²) in [6.07, 6.45) is -0.810. The van der Waals surface area contributed by atoms with E-state index in [2.05, 4.69) is 5.32 Å². The molecule has 2 rings (SSSR count). The zero-order valence-electron chi connectivity index (χ0n) is 13.6. The average Bonchev–Trinajstić information content (AvgIpc) is 2.57. The van der Waals surface area contributed by atoms with Crippen LogP contribution in [0.3, 0.4) is 0 Å². The number of halogens is 2. The van der Waals surface area contributed by atoms with Crippen LogP contribution in [0.15, 0.2) is 48.5 Å². The van der Waals surface area contributed by atoms with Crippen molar-refractivity contribution in [3.8, 4) is 0 Å². The van der Waals surface area contributed by atoms with Crippen LogP contribution in [0.25, 0.3) is 0 Å². The Kier molecular flexibility index (Phi) is 6.19. The molecule has 3 N–H and O–H groups in total. The van der Waals surface area contributed by atoms with Crippen molar-refractivity contribution in [2.24, 2.45) is 0 Å². The maximum atomic E-state index is 13.7. The molecule has 2 atom stereocenters. The van der Waals surface area contributed by atoms with E-state index >= 15 is 0 Å². The standard InChI is InChI=1S/C18H19F2NO4/c1-12(21-7-8-22)25-18(17(23)24,13-5-3-2-4-6-13)14-9-15(19)11-16(20)10-14/h2-6,9-12,21-22H,7-8H2,1H3,(H,23,24). The van der Waals surface area contributed by atoms with Gasteiger partial charge in [0, 0.05) is 18.2 Å². The molecule has 0 heterocycles. The van der Waals surface area contributed by atoms with E-state index in [4.69, 9.17) is 9.84 Å². The molecular weight excluding hydrogens is 332 g/mol. The number of aliphatic carboxylic acids is 1. The number of hydrogen-bond donors (Lipinski definition) is 3. The fourth-order valence-corrected chi connectivity index (χ4v) is 2.60. The summed E-state index contributed by atoms with van der Waals surface area (Å²) in [6.45, 7) is 1.54. The summed E-state index contributed by atoms with van der Waals surface area (Å²) >= 11 is 0. The summed E-state index contributed by atoms with van der Waals surface area (Å²) in [4.78, 5) is 12.2. The van der Waals surface area contributed by atoms with Gasteiger partial charge in [-0.3, -0.25) is 5.32 Å². The van der Waals surface area contributed by atoms with Crippen LogP contribution >= 0.6 is 0 Å². The molecule has 2 aromatic carbocycles. The van der Waals surface area contributed by atoms with Gasteiger partial charge in [-0.05, 0) is 24.6 Å². The molecule has 0 bridgehead atoms. The van der Waals surface area contributed by atoms with Crippen molar-refractivity contribution >= 4 is 5.97 Å². The van der Waals surface area contributed by atoms with E-state index in [0.29, 0.717) is 6.07 Å². The van der Waals surface area contributed by atoms with Crippen LogP contribution in [-0.4, -0.2) is 35.6 Å². The monoisotopic (exact) mass is 351 g/mol. The molecule has 7 heteroatoms. The lowest BCUT2D eigenvalue weighted by atomic mass is 9.85. The maximum absolute atomic E-state index is 13.7. The smallest absolute Gasteiger partial charge is 0.345 e. The van der Waals surface area contributed by atoms with Crippen LogP contribution in [0.5, 0.6) is 0 Å². The fraction of sp³-hybridized carbons (Fsp3) is 0.278. The minimum Gasteiger partial charge on any atom is -0.479 e. The Morgan fingerprint density at radius 3 is 2.28 bits per heavy atom. The Labute approximate surface area is 143 Å². The topological polar surface area (TPSA) is 78.8 Å². The molecular formula is C18H19F2NO4. The van der Waals surface area contributed by atoms with Gasteiger partial charge in [-0.25, -0.2) is 13.6 Å². The predicted molar refractivity (Wildman–Crippen MR) is 86.9 cm³/mol. The molecule has 0 spiro atoms. The minimum atomic E-state index is -2.12. The van der Waals surface area contributed by atoms with Gasteiger partial charge in [-0.1, -0.05) is 30.3 Å². The van der Waals surface area contributed by atoms with Gasteiger partial charge in [-0.2, -0.15) is 0 Å². The van der Waals surface area contributed by atoms with E-state index in [0.717, 1.165) is 12.1 Å². The van der Waals surface area contributed by atoms with Gasteiger partial charge < -0.3 is 14.9 Å². The molecule has 0 amide bonds. The Bertz CT molecular complexity index is 706. The first-order valence-electron chi connectivity index (χ1n) is 7.67. The summed E-state index contributed by atoms with van der Waals surface area (Å²) in [5, 5.41) is 21.6. The molecule has 0 aliphatic rings. The van der Waals surface area contributed by atoms with Gasteiger partial charge in [0.05, 0.1) is 6.61 Å². The number of carboxylic acids is 1. The third-order valence-electron chi connectivity index (χ3n) is 3.65. The summed E-state index contributed by atoms with van der Waals surface area (Å²) in [6, 6.07) is 10.5. The number of aliphatic hydroxyl groups is 1. The van der Waals surface area contributed by atoms with E-state index in [1.807, 2.05) is 0 Å². The zero-order valence-corrected chi connectivity index (χ0v) is 13.6. The summed E-state index contributed by atoms with van der Waals surface area (Å²) < 4.78 is 33.2. The number of nitrogens with one attached hydrogen (secondary N) is 1. The van der Waals surface area contributed by atoms with Gasteiger partial charge in [0.2, 0.25) is 5.60 Å². The maximum Gasteiger partial charge on any atom is 0.345 e. The fourth-order valence-electron chi connectivity index (χ4n) is 2.60. The number of ether oxygens (including phenoxy) is 1. The van der Waals surface area contributed by atoms with Gasteiger partial charge in [-0.15, -0.1) is 0 Å². The van der Waals surface area contributed by atoms with E-state index in [9.17, 15) is 18.7 Å². The van der Waals surface area contributed by atoms with Crippen LogP contribution in [0.4, 0.5) is 8.78 Å². The van der Waals surface area contributed by atoms with Crippen molar-refractivity contribution in [3.63, 3.8) is 0 Å². The Morgan fingerprint density at radius 1 is 1.16 bits per heavy atom. The number of hydrogen-bond acceptors (Lipinski definition) is 4. The molecule has 0 saturated heterocycles. The van der Waals surface area contributed by atoms with Crippen molar-refractivity contribution in [3.05, 3.63) is 71.3 Å². The lowest BCUT2D eigenvalue weighted by Gasteiger charge is -2.33. The number of rotatable bonds is 8. The van der Waals surface area contributed by atoms with Crippen molar-refractivity contribution in [1.82, 2.24) is 5.32 Å². The van der Waals surface area contributed by atoms with E-state index in [1.165, 1.54) is 12.1 Å². The SMILES string of the molecule is CC(NCCO)OC(C(=O)O)(c1ccccc1)c1cc(F)cc(F)c1. The summed E-state index contributed by atoms with van der Waals surface area (Å²) in [5.74, 6) is -3.23. The highest BCUT2D eigenvalue weighted by Gasteiger charge is 2.45. The largest absolute Gasteiger partial charge is 0.479 e. The molecule has 0 aromatic heterocycles. The quantitative estimate of drug-likeness (QED) is 0.636. The first-order valence-corrected chi connectivity index (χ1v) is 7.67. The second-order valence-electron chi connectivity index (χ2n) is 5.45. The zero-order chi connectivity index (χ0) is 18.4. The second kappa shape index (κ2) is 8.15. The summed E-state index contributed by atoms with van der Waals surface area (Å²) in [7, 11) is 0. The molecule has 0 fully saturated rings. The van der Waals surface area contributed by atoms with Gasteiger partial charge in [0.15, 0.2) is 0 Å². The van der Waals surface area contributed by atoms with Crippen LogP contribution < -0.4 is 5.32 Å². The van der Waals surface area contributed by atoms with Crippen LogP contribution in [-0.2, 0) is 15.1 Å². The van der Waals surface area contributed by atoms with Crippen molar-refractivity contribution < 1.29 is 28.5 Å². The highest BCUT2D eigenvalue weighted by Crippen LogP contribution is 2.36. The molecule has 2 aromatic rings. The van der Waals surface area contributed by atoms with Crippen molar-refractivity contribution in [2.75, 3.05) is 13.2 Å². The minimum absolute atomic E-state index is 0.170.